The number of nitrogens with one attached hydrogen (secondary N) is 2. The third-order valence-corrected chi connectivity index (χ3v) is 8.23. The zero-order valence-corrected chi connectivity index (χ0v) is 26.0. The maximum atomic E-state index is 13.2. The molecule has 230 valence electrons. The molecule has 0 unspecified atom stereocenters. The smallest absolute Gasteiger partial charge is 0.412 e. The summed E-state index contributed by atoms with van der Waals surface area (Å²) in [5.74, 6) is -0.147. The highest BCUT2D eigenvalue weighted by molar-refractivity contribution is 7.08. The minimum atomic E-state index is -0.614. The van der Waals surface area contributed by atoms with E-state index in [-0.39, 0.29) is 24.3 Å². The third kappa shape index (κ3) is 10.4. The number of rotatable bonds is 12. The second-order valence-corrected chi connectivity index (χ2v) is 12.8. The molecule has 2 N–H and O–H groups in total. The first-order valence-electron chi connectivity index (χ1n) is 15.0. The highest BCUT2D eigenvalue weighted by atomic mass is 32.1. The van der Waals surface area contributed by atoms with Crippen molar-refractivity contribution in [2.75, 3.05) is 44.7 Å². The van der Waals surface area contributed by atoms with Gasteiger partial charge in [0.25, 0.3) is 0 Å². The van der Waals surface area contributed by atoms with Crippen molar-refractivity contribution in [3.8, 4) is 0 Å². The fourth-order valence-electron chi connectivity index (χ4n) is 5.20. The molecule has 3 amide bonds. The van der Waals surface area contributed by atoms with Crippen molar-refractivity contribution < 1.29 is 23.9 Å². The first-order valence-corrected chi connectivity index (χ1v) is 16.0. The zero-order chi connectivity index (χ0) is 30.0. The number of hydrogen-bond acceptors (Lipinski definition) is 8. The monoisotopic (exact) mass is 599 g/mol. The molecule has 2 aliphatic rings. The van der Waals surface area contributed by atoms with Crippen LogP contribution in [-0.2, 0) is 22.4 Å². The van der Waals surface area contributed by atoms with Crippen molar-refractivity contribution in [2.24, 2.45) is 0 Å². The summed E-state index contributed by atoms with van der Waals surface area (Å²) in [6.07, 6.45) is 7.57. The number of carbonyl (C=O) groups is 3. The van der Waals surface area contributed by atoms with Crippen molar-refractivity contribution in [2.45, 2.75) is 83.9 Å². The molecule has 11 heteroatoms. The summed E-state index contributed by atoms with van der Waals surface area (Å²) in [6.45, 7) is 11.0. The van der Waals surface area contributed by atoms with Crippen LogP contribution in [-0.4, -0.2) is 83.7 Å². The van der Waals surface area contributed by atoms with Crippen LogP contribution in [0.25, 0.3) is 0 Å². The molecule has 42 heavy (non-hydrogen) atoms. The van der Waals surface area contributed by atoms with Gasteiger partial charge in [0.05, 0.1) is 18.9 Å². The third-order valence-electron chi connectivity index (χ3n) is 7.44. The van der Waals surface area contributed by atoms with Gasteiger partial charge in [0.2, 0.25) is 0 Å². The van der Waals surface area contributed by atoms with Crippen LogP contribution in [0.2, 0.25) is 0 Å². The van der Waals surface area contributed by atoms with Crippen LogP contribution in [0.3, 0.4) is 0 Å². The Kier molecular flexibility index (Phi) is 11.7. The molecule has 3 heterocycles. The number of pyridine rings is 1. The van der Waals surface area contributed by atoms with Gasteiger partial charge in [-0.05, 0) is 75.6 Å². The van der Waals surface area contributed by atoms with E-state index < -0.39 is 11.7 Å². The van der Waals surface area contributed by atoms with E-state index in [2.05, 4.69) is 20.5 Å². The fourth-order valence-corrected chi connectivity index (χ4v) is 5.99. The summed E-state index contributed by atoms with van der Waals surface area (Å²) in [4.78, 5) is 47.2. The fraction of sp³-hybridized carbons (Fsp3) is 0.613. The van der Waals surface area contributed by atoms with Gasteiger partial charge in [-0.1, -0.05) is 18.9 Å². The van der Waals surface area contributed by atoms with Crippen LogP contribution >= 0.6 is 11.3 Å². The van der Waals surface area contributed by atoms with Crippen LogP contribution in [0.15, 0.2) is 29.1 Å². The molecule has 0 bridgehead atoms. The molecule has 2 aromatic rings. The lowest BCUT2D eigenvalue weighted by Crippen LogP contribution is -2.44. The van der Waals surface area contributed by atoms with E-state index in [0.29, 0.717) is 30.0 Å². The predicted molar refractivity (Wildman–Crippen MR) is 164 cm³/mol. The molecule has 10 nitrogen and oxygen atoms in total. The largest absolute Gasteiger partial charge is 0.444 e. The normalized spacial score (nSPS) is 16.3. The molecular formula is C31H45N5O5S. The molecule has 2 fully saturated rings. The number of nitrogens with zero attached hydrogens (tertiary/aromatic N) is 3. The Morgan fingerprint density at radius 2 is 1.88 bits per heavy atom. The molecule has 0 aromatic carbocycles. The maximum Gasteiger partial charge on any atom is 0.412 e. The standard InChI is InChI=1S/C31H45N5O5S/c1-31(2,3)41-30(39)34-27-22-42-21-24(27)18-28(37)26-11-10-23(19-32-26)20-36(29(38)33-25-8-4-5-9-25)13-7-6-12-35-14-16-40-17-15-35/h10-11,19,21-22,25H,4-9,12-18,20H2,1-3H3,(H,33,38)(H,34,39). The average molecular weight is 600 g/mol. The molecule has 4 rings (SSSR count). The van der Waals surface area contributed by atoms with E-state index in [0.717, 1.165) is 76.9 Å². The van der Waals surface area contributed by atoms with Gasteiger partial charge in [-0.15, -0.1) is 11.3 Å². The van der Waals surface area contributed by atoms with E-state index in [4.69, 9.17) is 9.47 Å². The molecule has 1 saturated carbocycles. The highest BCUT2D eigenvalue weighted by Crippen LogP contribution is 2.24. The highest BCUT2D eigenvalue weighted by Gasteiger charge is 2.22. The van der Waals surface area contributed by atoms with Crippen LogP contribution in [0, 0.1) is 0 Å². The van der Waals surface area contributed by atoms with E-state index in [1.54, 1.807) is 38.4 Å². The average Bonchev–Trinajstić information content (AvgIpc) is 3.62. The van der Waals surface area contributed by atoms with Crippen LogP contribution in [0.5, 0.6) is 0 Å². The van der Waals surface area contributed by atoms with Crippen molar-refractivity contribution in [3.63, 3.8) is 0 Å². The Morgan fingerprint density at radius 3 is 2.57 bits per heavy atom. The summed E-state index contributed by atoms with van der Waals surface area (Å²) in [5.41, 5.74) is 1.90. The number of ether oxygens (including phenoxy) is 2. The number of Topliss-reactive ketones (excluding diaryl/α,β-unsaturated/α-hetero) is 1. The lowest BCUT2D eigenvalue weighted by atomic mass is 10.1. The molecule has 0 spiro atoms. The summed E-state index contributed by atoms with van der Waals surface area (Å²) in [6, 6.07) is 3.81. The number of hydrogen-bond donors (Lipinski definition) is 2. The Balaban J connectivity index is 1.32. The van der Waals surface area contributed by atoms with Crippen LogP contribution in [0.1, 0.15) is 80.9 Å². The Bertz CT molecular complexity index is 1170. The van der Waals surface area contributed by atoms with Crippen molar-refractivity contribution in [3.05, 3.63) is 45.9 Å². The van der Waals surface area contributed by atoms with Crippen molar-refractivity contribution >= 4 is 34.9 Å². The molecule has 0 atom stereocenters. The molecule has 0 radical (unpaired) electrons. The van der Waals surface area contributed by atoms with Gasteiger partial charge in [0, 0.05) is 50.2 Å². The number of carbonyl (C=O) groups excluding carboxylic acids is 3. The minimum absolute atomic E-state index is 0.0316. The number of aromatic nitrogens is 1. The van der Waals surface area contributed by atoms with E-state index in [9.17, 15) is 14.4 Å². The van der Waals surface area contributed by atoms with Gasteiger partial charge in [0.15, 0.2) is 5.78 Å². The summed E-state index contributed by atoms with van der Waals surface area (Å²) in [7, 11) is 0. The number of unbranched alkanes of at least 4 members (excludes halogenated alkanes) is 1. The van der Waals surface area contributed by atoms with Gasteiger partial charge in [-0.2, -0.15) is 0 Å². The second-order valence-electron chi connectivity index (χ2n) is 12.1. The molecule has 1 saturated heterocycles. The van der Waals surface area contributed by atoms with Gasteiger partial charge in [0.1, 0.15) is 11.3 Å². The molecule has 1 aliphatic carbocycles. The van der Waals surface area contributed by atoms with Crippen LogP contribution in [0.4, 0.5) is 15.3 Å². The summed E-state index contributed by atoms with van der Waals surface area (Å²) in [5, 5.41) is 9.59. The van der Waals surface area contributed by atoms with Gasteiger partial charge in [-0.25, -0.2) is 9.59 Å². The Hall–Kier alpha value is -3.02. The number of anilines is 1. The number of urea groups is 1. The van der Waals surface area contributed by atoms with E-state index in [1.807, 2.05) is 16.3 Å². The van der Waals surface area contributed by atoms with Gasteiger partial charge in [-0.3, -0.25) is 20.0 Å². The SMILES string of the molecule is CC(C)(C)OC(=O)Nc1cscc1CC(=O)c1ccc(CN(CCCCN2CCOCC2)C(=O)NC2CCCC2)cn1. The first-order chi connectivity index (χ1) is 20.2. The zero-order valence-electron chi connectivity index (χ0n) is 25.2. The minimum Gasteiger partial charge on any atom is -0.444 e. The van der Waals surface area contributed by atoms with Crippen molar-refractivity contribution in [1.29, 1.82) is 0 Å². The molecular weight excluding hydrogens is 554 g/mol. The lowest BCUT2D eigenvalue weighted by Gasteiger charge is -2.28. The lowest BCUT2D eigenvalue weighted by molar-refractivity contribution is 0.0369. The van der Waals surface area contributed by atoms with Gasteiger partial charge >= 0.3 is 12.1 Å². The van der Waals surface area contributed by atoms with E-state index >= 15 is 0 Å². The Morgan fingerprint density at radius 1 is 1.12 bits per heavy atom. The number of amides is 3. The van der Waals surface area contributed by atoms with Gasteiger partial charge < -0.3 is 19.7 Å². The second kappa shape index (κ2) is 15.5. The quantitative estimate of drug-likeness (QED) is 0.245. The van der Waals surface area contributed by atoms with E-state index in [1.165, 1.54) is 11.3 Å². The molecule has 2 aromatic heterocycles. The number of ketones is 1. The predicted octanol–water partition coefficient (Wildman–Crippen LogP) is 5.48. The number of morpholine rings is 1. The first kappa shape index (κ1) is 31.9. The maximum absolute atomic E-state index is 13.2. The topological polar surface area (TPSA) is 113 Å². The Labute approximate surface area is 253 Å². The number of thiophene rings is 1. The summed E-state index contributed by atoms with van der Waals surface area (Å²) < 4.78 is 10.8. The summed E-state index contributed by atoms with van der Waals surface area (Å²) >= 11 is 1.41. The van der Waals surface area contributed by atoms with Crippen molar-refractivity contribution in [1.82, 2.24) is 20.1 Å². The molecule has 1 aliphatic heterocycles. The van der Waals surface area contributed by atoms with Crippen LogP contribution < -0.4 is 10.6 Å².